The molecule has 0 bridgehead atoms. The molecule has 9 N–H and O–H groups in total. The predicted molar refractivity (Wildman–Crippen MR) is 98.4 cm³/mol. The summed E-state index contributed by atoms with van der Waals surface area (Å²) in [7, 11) is 0. The molecule has 0 aromatic heterocycles. The lowest BCUT2D eigenvalue weighted by molar-refractivity contribution is -0.358. The minimum atomic E-state index is -1.84. The Morgan fingerprint density at radius 1 is 0.562 bits per heavy atom. The third-order valence-electron chi connectivity index (χ3n) is 5.99. The molecule has 0 spiro atoms. The molecule has 3 fully saturated rings. The highest BCUT2D eigenvalue weighted by Crippen LogP contribution is 2.29. The van der Waals surface area contributed by atoms with Gasteiger partial charge in [-0.15, -0.1) is 0 Å². The van der Waals surface area contributed by atoms with E-state index >= 15 is 0 Å². The third-order valence-corrected chi connectivity index (χ3v) is 5.99. The first-order valence-corrected chi connectivity index (χ1v) is 10.3. The quantitative estimate of drug-likeness (QED) is 0.182. The second-order valence-electron chi connectivity index (χ2n) is 8.34. The summed E-state index contributed by atoms with van der Waals surface area (Å²) in [5, 5.41) is 90.2. The number of ether oxygens (including phenoxy) is 5. The van der Waals surface area contributed by atoms with Crippen LogP contribution in [0.3, 0.4) is 0 Å². The molecule has 14 heteroatoms. The van der Waals surface area contributed by atoms with E-state index in [1.165, 1.54) is 13.8 Å². The van der Waals surface area contributed by atoms with E-state index in [1.807, 2.05) is 0 Å². The second kappa shape index (κ2) is 10.4. The van der Waals surface area contributed by atoms with Crippen molar-refractivity contribution < 1.29 is 69.6 Å². The average Bonchev–Trinajstić information content (AvgIpc) is 2.76. The van der Waals surface area contributed by atoms with Crippen LogP contribution in [0.4, 0.5) is 0 Å². The van der Waals surface area contributed by atoms with Gasteiger partial charge in [0.25, 0.3) is 0 Å². The Hall–Kier alpha value is -0.560. The van der Waals surface area contributed by atoms with Gasteiger partial charge < -0.3 is 69.6 Å². The summed E-state index contributed by atoms with van der Waals surface area (Å²) in [5.74, 6) is 0. The molecule has 188 valence electrons. The zero-order valence-corrected chi connectivity index (χ0v) is 17.4. The Balaban J connectivity index is 1.64. The van der Waals surface area contributed by atoms with Crippen LogP contribution in [0.5, 0.6) is 0 Å². The van der Waals surface area contributed by atoms with Crippen molar-refractivity contribution in [3.05, 3.63) is 0 Å². The maximum atomic E-state index is 10.6. The van der Waals surface area contributed by atoms with Crippen molar-refractivity contribution in [2.75, 3.05) is 6.61 Å². The topological polar surface area (TPSA) is 228 Å². The van der Waals surface area contributed by atoms with Crippen LogP contribution in [0, 0.1) is 0 Å². The van der Waals surface area contributed by atoms with Crippen molar-refractivity contribution in [3.63, 3.8) is 0 Å². The SMILES string of the molecule is C[C@@H]1O[C@@H](OC[C@H]2OC(O)[C@H](O)[C@@H](O[C@@H]3O[C@@H](C)[C@H](O)[C@@H](O)[C@H]3O)[C@@H]2O)[C@H](O)[C@H](O)[C@H]1O. The van der Waals surface area contributed by atoms with Gasteiger partial charge in [0.15, 0.2) is 18.9 Å². The largest absolute Gasteiger partial charge is 0.388 e. The predicted octanol–water partition coefficient (Wildman–Crippen LogP) is -5.52. The lowest BCUT2D eigenvalue weighted by Crippen LogP contribution is -2.64. The van der Waals surface area contributed by atoms with E-state index in [0.29, 0.717) is 0 Å². The average molecular weight is 472 g/mol. The number of hydrogen-bond donors (Lipinski definition) is 9. The van der Waals surface area contributed by atoms with Crippen molar-refractivity contribution in [2.45, 2.75) is 106 Å². The van der Waals surface area contributed by atoms with Crippen LogP contribution in [-0.2, 0) is 23.7 Å². The zero-order chi connectivity index (χ0) is 23.9. The molecule has 3 heterocycles. The highest BCUT2D eigenvalue weighted by molar-refractivity contribution is 4.94. The molecule has 3 aliphatic rings. The van der Waals surface area contributed by atoms with E-state index in [1.54, 1.807) is 0 Å². The van der Waals surface area contributed by atoms with Gasteiger partial charge >= 0.3 is 0 Å². The van der Waals surface area contributed by atoms with E-state index in [4.69, 9.17) is 23.7 Å². The van der Waals surface area contributed by atoms with E-state index < -0.39 is 98.7 Å². The maximum Gasteiger partial charge on any atom is 0.187 e. The Morgan fingerprint density at radius 2 is 1.06 bits per heavy atom. The van der Waals surface area contributed by atoms with Gasteiger partial charge in [-0.1, -0.05) is 0 Å². The molecule has 0 amide bonds. The second-order valence-corrected chi connectivity index (χ2v) is 8.34. The normalized spacial score (nSPS) is 55.0. The number of rotatable bonds is 5. The summed E-state index contributed by atoms with van der Waals surface area (Å²) in [6, 6.07) is 0. The van der Waals surface area contributed by atoms with Crippen molar-refractivity contribution in [1.29, 1.82) is 0 Å². The highest BCUT2D eigenvalue weighted by atomic mass is 16.7. The Labute approximate surface area is 183 Å². The van der Waals surface area contributed by atoms with E-state index in [2.05, 4.69) is 0 Å². The fraction of sp³-hybridized carbons (Fsp3) is 1.00. The van der Waals surface area contributed by atoms with Crippen LogP contribution >= 0.6 is 0 Å². The molecule has 0 radical (unpaired) electrons. The smallest absolute Gasteiger partial charge is 0.187 e. The zero-order valence-electron chi connectivity index (χ0n) is 17.4. The summed E-state index contributed by atoms with van der Waals surface area (Å²) < 4.78 is 26.5. The lowest BCUT2D eigenvalue weighted by atomic mass is 9.97. The number of aliphatic hydroxyl groups is 9. The Morgan fingerprint density at radius 3 is 1.62 bits per heavy atom. The molecule has 0 aromatic carbocycles. The monoisotopic (exact) mass is 472 g/mol. The number of hydrogen-bond acceptors (Lipinski definition) is 14. The minimum Gasteiger partial charge on any atom is -0.388 e. The van der Waals surface area contributed by atoms with Crippen LogP contribution in [0.2, 0.25) is 0 Å². The molecule has 32 heavy (non-hydrogen) atoms. The van der Waals surface area contributed by atoms with Gasteiger partial charge in [-0.05, 0) is 13.8 Å². The summed E-state index contributed by atoms with van der Waals surface area (Å²) in [5.41, 5.74) is 0. The summed E-state index contributed by atoms with van der Waals surface area (Å²) in [6.45, 7) is 2.38. The van der Waals surface area contributed by atoms with Crippen LogP contribution in [0.25, 0.3) is 0 Å². The molecule has 3 rings (SSSR count). The first kappa shape index (κ1) is 26.1. The summed E-state index contributed by atoms with van der Waals surface area (Å²) in [6.07, 6.45) is -22.1. The Kier molecular flexibility index (Phi) is 8.44. The fourth-order valence-corrected chi connectivity index (χ4v) is 3.84. The van der Waals surface area contributed by atoms with Crippen LogP contribution in [0.15, 0.2) is 0 Å². The van der Waals surface area contributed by atoms with Crippen molar-refractivity contribution in [1.82, 2.24) is 0 Å². The minimum absolute atomic E-state index is 0.492. The summed E-state index contributed by atoms with van der Waals surface area (Å²) in [4.78, 5) is 0. The van der Waals surface area contributed by atoms with Crippen molar-refractivity contribution >= 4 is 0 Å². The highest BCUT2D eigenvalue weighted by Gasteiger charge is 2.50. The first-order valence-electron chi connectivity index (χ1n) is 10.3. The lowest BCUT2D eigenvalue weighted by Gasteiger charge is -2.45. The molecule has 14 nitrogen and oxygen atoms in total. The standard InChI is InChI=1S/C18H32O14/c1-4-7(19)10(22)12(24)17(29-4)28-3-6-9(21)15(14(26)16(27)31-6)32-18-13(25)11(23)8(20)5(2)30-18/h4-27H,3H2,1-2H3/t4-,5-,6+,7-,8-,9+,10+,11+,12+,13+,14+,15-,16?,17+,18-/m0/s1. The molecule has 1 unspecified atom stereocenters. The molecular formula is C18H32O14. The van der Waals surface area contributed by atoms with E-state index in [-0.39, 0.29) is 0 Å². The van der Waals surface area contributed by atoms with Gasteiger partial charge in [-0.2, -0.15) is 0 Å². The van der Waals surface area contributed by atoms with Gasteiger partial charge in [0.05, 0.1) is 18.8 Å². The molecule has 3 aliphatic heterocycles. The van der Waals surface area contributed by atoms with Crippen molar-refractivity contribution in [3.8, 4) is 0 Å². The van der Waals surface area contributed by atoms with Crippen LogP contribution in [0.1, 0.15) is 13.8 Å². The van der Waals surface area contributed by atoms with Gasteiger partial charge in [0.2, 0.25) is 0 Å². The van der Waals surface area contributed by atoms with E-state index in [9.17, 15) is 46.0 Å². The Bertz CT molecular complexity index is 610. The maximum absolute atomic E-state index is 10.6. The number of aliphatic hydroxyl groups excluding tert-OH is 9. The molecule has 0 aromatic rings. The fourth-order valence-electron chi connectivity index (χ4n) is 3.84. The molecule has 3 saturated heterocycles. The molecule has 0 aliphatic carbocycles. The van der Waals surface area contributed by atoms with Gasteiger partial charge in [-0.25, -0.2) is 0 Å². The van der Waals surface area contributed by atoms with Gasteiger partial charge in [-0.3, -0.25) is 0 Å². The van der Waals surface area contributed by atoms with Gasteiger partial charge in [0, 0.05) is 0 Å². The van der Waals surface area contributed by atoms with Crippen LogP contribution in [-0.4, -0.2) is 145 Å². The molecule has 15 atom stereocenters. The van der Waals surface area contributed by atoms with Crippen molar-refractivity contribution in [2.24, 2.45) is 0 Å². The van der Waals surface area contributed by atoms with Crippen LogP contribution < -0.4 is 0 Å². The van der Waals surface area contributed by atoms with E-state index in [0.717, 1.165) is 0 Å². The first-order chi connectivity index (χ1) is 14.9. The van der Waals surface area contributed by atoms with Gasteiger partial charge in [0.1, 0.15) is 61.0 Å². The summed E-state index contributed by atoms with van der Waals surface area (Å²) >= 11 is 0. The third kappa shape index (κ3) is 5.08. The molecule has 0 saturated carbocycles. The molecular weight excluding hydrogens is 440 g/mol.